The second kappa shape index (κ2) is 6.19. The number of fused-ring (bicyclic) bond motifs is 1. The molecule has 1 fully saturated rings. The van der Waals surface area contributed by atoms with Crippen LogP contribution in [0, 0.1) is 13.8 Å². The lowest BCUT2D eigenvalue weighted by Crippen LogP contribution is -2.37. The summed E-state index contributed by atoms with van der Waals surface area (Å²) in [4.78, 5) is 42.7. The van der Waals surface area contributed by atoms with Gasteiger partial charge in [0.15, 0.2) is 0 Å². The smallest absolute Gasteiger partial charge is 0.326 e. The molecule has 0 saturated carbocycles. The maximum atomic E-state index is 12.2. The molecule has 1 aliphatic heterocycles. The Kier molecular flexibility index (Phi) is 4.20. The lowest BCUT2D eigenvalue weighted by Gasteiger charge is -2.15. The SMILES string of the molecule is Cc1cc(C)n2cc(CNC(=O)CC3C(=O)N(C)C(=O)N3C)nc2c1. The third kappa shape index (κ3) is 3.07. The van der Waals surface area contributed by atoms with E-state index in [0.717, 1.165) is 27.5 Å². The molecule has 1 aliphatic rings. The zero-order chi connectivity index (χ0) is 18.3. The summed E-state index contributed by atoms with van der Waals surface area (Å²) in [5, 5.41) is 2.77. The number of pyridine rings is 1. The summed E-state index contributed by atoms with van der Waals surface area (Å²) in [6.07, 6.45) is 1.82. The van der Waals surface area contributed by atoms with Crippen LogP contribution in [0.1, 0.15) is 23.4 Å². The number of carbonyl (C=O) groups excluding carboxylic acids is 3. The van der Waals surface area contributed by atoms with Crippen molar-refractivity contribution in [2.24, 2.45) is 0 Å². The predicted molar refractivity (Wildman–Crippen MR) is 90.8 cm³/mol. The predicted octanol–water partition coefficient (Wildman–Crippen LogP) is 0.850. The third-order valence-corrected chi connectivity index (χ3v) is 4.47. The summed E-state index contributed by atoms with van der Waals surface area (Å²) < 4.78 is 1.97. The first-order valence-corrected chi connectivity index (χ1v) is 8.04. The second-order valence-electron chi connectivity index (χ2n) is 6.42. The molecule has 1 N–H and O–H groups in total. The van der Waals surface area contributed by atoms with Crippen LogP contribution in [0.2, 0.25) is 0 Å². The molecule has 0 aliphatic carbocycles. The molecule has 4 amide bonds. The number of urea groups is 1. The van der Waals surface area contributed by atoms with E-state index >= 15 is 0 Å². The highest BCUT2D eigenvalue weighted by Gasteiger charge is 2.41. The number of likely N-dealkylation sites (N-methyl/N-ethyl adjacent to an activating group) is 2. The molecule has 2 aromatic heterocycles. The number of nitrogens with one attached hydrogen (secondary N) is 1. The zero-order valence-electron chi connectivity index (χ0n) is 14.7. The van der Waals surface area contributed by atoms with Crippen molar-refractivity contribution < 1.29 is 14.4 Å². The number of carbonyl (C=O) groups is 3. The number of imide groups is 1. The van der Waals surface area contributed by atoms with Crippen LogP contribution in [0.4, 0.5) is 4.79 Å². The molecule has 0 radical (unpaired) electrons. The number of hydrogen-bond acceptors (Lipinski definition) is 4. The van der Waals surface area contributed by atoms with Crippen LogP contribution in [0.25, 0.3) is 5.65 Å². The summed E-state index contributed by atoms with van der Waals surface area (Å²) in [7, 11) is 2.94. The van der Waals surface area contributed by atoms with E-state index in [1.807, 2.05) is 30.5 Å². The van der Waals surface area contributed by atoms with Crippen molar-refractivity contribution in [3.8, 4) is 0 Å². The maximum Gasteiger partial charge on any atom is 0.326 e. The Balaban J connectivity index is 1.64. The number of rotatable bonds is 4. The topological polar surface area (TPSA) is 87.0 Å². The molecule has 1 saturated heterocycles. The molecule has 132 valence electrons. The highest BCUT2D eigenvalue weighted by atomic mass is 16.2. The van der Waals surface area contributed by atoms with Crippen LogP contribution < -0.4 is 5.32 Å². The quantitative estimate of drug-likeness (QED) is 0.834. The van der Waals surface area contributed by atoms with Gasteiger partial charge in [-0.1, -0.05) is 0 Å². The molecular weight excluding hydrogens is 322 g/mol. The van der Waals surface area contributed by atoms with Gasteiger partial charge in [0.25, 0.3) is 5.91 Å². The second-order valence-corrected chi connectivity index (χ2v) is 6.42. The van der Waals surface area contributed by atoms with E-state index in [4.69, 9.17) is 0 Å². The number of aromatic nitrogens is 2. The Labute approximate surface area is 145 Å². The summed E-state index contributed by atoms with van der Waals surface area (Å²) >= 11 is 0. The minimum atomic E-state index is -0.747. The van der Waals surface area contributed by atoms with E-state index in [1.54, 1.807) is 0 Å². The molecule has 3 heterocycles. The number of imidazole rings is 1. The van der Waals surface area contributed by atoms with Crippen molar-refractivity contribution in [1.82, 2.24) is 24.5 Å². The van der Waals surface area contributed by atoms with Gasteiger partial charge in [0, 0.05) is 26.0 Å². The number of nitrogens with zero attached hydrogens (tertiary/aromatic N) is 4. The van der Waals surface area contributed by atoms with Gasteiger partial charge >= 0.3 is 6.03 Å². The van der Waals surface area contributed by atoms with Gasteiger partial charge in [0.1, 0.15) is 11.7 Å². The first-order valence-electron chi connectivity index (χ1n) is 8.04. The van der Waals surface area contributed by atoms with Gasteiger partial charge in [-0.3, -0.25) is 14.5 Å². The van der Waals surface area contributed by atoms with E-state index in [-0.39, 0.29) is 24.8 Å². The van der Waals surface area contributed by atoms with Crippen LogP contribution in [0.5, 0.6) is 0 Å². The molecule has 0 spiro atoms. The third-order valence-electron chi connectivity index (χ3n) is 4.47. The molecule has 8 heteroatoms. The monoisotopic (exact) mass is 343 g/mol. The van der Waals surface area contributed by atoms with Gasteiger partial charge < -0.3 is 14.6 Å². The molecule has 25 heavy (non-hydrogen) atoms. The summed E-state index contributed by atoms with van der Waals surface area (Å²) in [5.41, 5.74) is 3.77. The van der Waals surface area contributed by atoms with Crippen LogP contribution in [-0.4, -0.2) is 57.2 Å². The van der Waals surface area contributed by atoms with Gasteiger partial charge in [0.2, 0.25) is 5.91 Å². The number of amides is 4. The van der Waals surface area contributed by atoms with Crippen LogP contribution in [0.15, 0.2) is 18.3 Å². The Morgan fingerprint density at radius 2 is 1.96 bits per heavy atom. The highest BCUT2D eigenvalue weighted by molar-refractivity contribution is 6.05. The van der Waals surface area contributed by atoms with Crippen LogP contribution >= 0.6 is 0 Å². The summed E-state index contributed by atoms with van der Waals surface area (Å²) in [6.45, 7) is 4.28. The molecule has 1 unspecified atom stereocenters. The molecular formula is C17H21N5O3. The van der Waals surface area contributed by atoms with Gasteiger partial charge in [-0.15, -0.1) is 0 Å². The van der Waals surface area contributed by atoms with Crippen molar-refractivity contribution in [1.29, 1.82) is 0 Å². The van der Waals surface area contributed by atoms with Crippen molar-refractivity contribution in [3.63, 3.8) is 0 Å². The Hall–Kier alpha value is -2.90. The standard InChI is InChI=1S/C17H21N5O3/c1-10-5-11(2)22-9-12(19-14(22)6-10)8-18-15(23)7-13-16(24)21(4)17(25)20(13)3/h5-6,9,13H,7-8H2,1-4H3,(H,18,23). The van der Waals surface area contributed by atoms with E-state index in [1.165, 1.54) is 19.0 Å². The first-order chi connectivity index (χ1) is 11.8. The fourth-order valence-electron chi connectivity index (χ4n) is 3.07. The molecule has 0 aromatic carbocycles. The van der Waals surface area contributed by atoms with Gasteiger partial charge in [-0.05, 0) is 31.5 Å². The largest absolute Gasteiger partial charge is 0.350 e. The summed E-state index contributed by atoms with van der Waals surface area (Å²) in [5.74, 6) is -0.653. The van der Waals surface area contributed by atoms with Gasteiger partial charge in [-0.2, -0.15) is 0 Å². The molecule has 8 nitrogen and oxygen atoms in total. The molecule has 1 atom stereocenters. The maximum absolute atomic E-state index is 12.2. The molecule has 3 rings (SSSR count). The highest BCUT2D eigenvalue weighted by Crippen LogP contribution is 2.17. The minimum Gasteiger partial charge on any atom is -0.350 e. The van der Waals surface area contributed by atoms with E-state index in [0.29, 0.717) is 0 Å². The number of aryl methyl sites for hydroxylation is 2. The van der Waals surface area contributed by atoms with E-state index in [2.05, 4.69) is 16.4 Å². The van der Waals surface area contributed by atoms with Gasteiger partial charge in [0.05, 0.1) is 18.7 Å². The number of hydrogen-bond donors (Lipinski definition) is 1. The first kappa shape index (κ1) is 16.9. The Bertz CT molecular complexity index is 873. The van der Waals surface area contributed by atoms with Crippen molar-refractivity contribution >= 4 is 23.5 Å². The molecule has 0 bridgehead atoms. The van der Waals surface area contributed by atoms with Crippen LogP contribution in [-0.2, 0) is 16.1 Å². The van der Waals surface area contributed by atoms with Crippen molar-refractivity contribution in [3.05, 3.63) is 35.3 Å². The van der Waals surface area contributed by atoms with Crippen molar-refractivity contribution in [2.45, 2.75) is 32.9 Å². The Morgan fingerprint density at radius 3 is 2.60 bits per heavy atom. The normalized spacial score (nSPS) is 17.7. The minimum absolute atomic E-state index is 0.0586. The van der Waals surface area contributed by atoms with Crippen LogP contribution in [0.3, 0.4) is 0 Å². The zero-order valence-corrected chi connectivity index (χ0v) is 14.7. The summed E-state index contributed by atoms with van der Waals surface area (Å²) in [6, 6.07) is 2.90. The fraction of sp³-hybridized carbons (Fsp3) is 0.412. The fourth-order valence-corrected chi connectivity index (χ4v) is 3.07. The van der Waals surface area contributed by atoms with E-state index < -0.39 is 12.1 Å². The Morgan fingerprint density at radius 1 is 1.24 bits per heavy atom. The van der Waals surface area contributed by atoms with Crippen molar-refractivity contribution in [2.75, 3.05) is 14.1 Å². The average molecular weight is 343 g/mol. The van der Waals surface area contributed by atoms with Gasteiger partial charge in [-0.25, -0.2) is 9.78 Å². The van der Waals surface area contributed by atoms with E-state index in [9.17, 15) is 14.4 Å². The lowest BCUT2D eigenvalue weighted by molar-refractivity contribution is -0.131. The molecule has 2 aromatic rings. The lowest BCUT2D eigenvalue weighted by atomic mass is 10.2. The average Bonchev–Trinajstić information content (AvgIpc) is 3.04.